The van der Waals surface area contributed by atoms with Crippen molar-refractivity contribution in [2.45, 2.75) is 172 Å². The topological polar surface area (TPSA) is 311 Å². The Morgan fingerprint density at radius 2 is 1.53 bits per heavy atom. The lowest BCUT2D eigenvalue weighted by Gasteiger charge is -2.42. The summed E-state index contributed by atoms with van der Waals surface area (Å²) in [5.41, 5.74) is 4.83. The molecule has 0 radical (unpaired) electrons. The second kappa shape index (κ2) is 33.2. The van der Waals surface area contributed by atoms with Gasteiger partial charge in [-0.2, -0.15) is 0 Å². The number of esters is 1. The van der Waals surface area contributed by atoms with Crippen molar-refractivity contribution in [3.8, 4) is 16.9 Å². The maximum atomic E-state index is 14.5. The maximum absolute atomic E-state index is 14.5. The number of ether oxygens (including phenoxy) is 6. The third-order valence-electron chi connectivity index (χ3n) is 20.9. The van der Waals surface area contributed by atoms with Crippen LogP contribution in [0.3, 0.4) is 0 Å². The number of aryl methyl sites for hydroxylation is 1. The molecular formula is C76H100ClN9O17Si. The molecule has 3 aliphatic heterocycles. The number of allylic oxidation sites excluding steroid dienone is 3. The van der Waals surface area contributed by atoms with E-state index in [9.17, 15) is 48.6 Å². The largest absolute Gasteiger partial charge is 0.495 e. The molecule has 10 atom stereocenters. The molecule has 0 saturated carbocycles. The minimum atomic E-state index is -2.88. The van der Waals surface area contributed by atoms with Crippen molar-refractivity contribution in [3.63, 3.8) is 0 Å². The fourth-order valence-corrected chi connectivity index (χ4v) is 14.8. The molecule has 104 heavy (non-hydrogen) atoms. The van der Waals surface area contributed by atoms with Crippen LogP contribution in [0.25, 0.3) is 22.0 Å². The molecule has 4 heterocycles. The molecule has 26 nitrogen and oxygen atoms in total. The van der Waals surface area contributed by atoms with E-state index in [-0.39, 0.29) is 68.9 Å². The second-order valence-corrected chi connectivity index (χ2v) is 34.2. The van der Waals surface area contributed by atoms with E-state index in [4.69, 9.17) is 44.4 Å². The summed E-state index contributed by atoms with van der Waals surface area (Å²) < 4.78 is 44.0. The van der Waals surface area contributed by atoms with E-state index in [0.29, 0.717) is 24.4 Å². The van der Waals surface area contributed by atoms with Crippen LogP contribution in [0.2, 0.25) is 23.2 Å². The molecule has 2 saturated heterocycles. The summed E-state index contributed by atoms with van der Waals surface area (Å²) in [4.78, 5) is 113. The first kappa shape index (κ1) is 79.4. The Morgan fingerprint density at radius 3 is 2.19 bits per heavy atom. The van der Waals surface area contributed by atoms with Crippen LogP contribution < -0.4 is 30.9 Å². The molecule has 5 aromatic rings. The lowest BCUT2D eigenvalue weighted by molar-refractivity contribution is -0.162. The lowest BCUT2D eigenvalue weighted by atomic mass is 9.83. The van der Waals surface area contributed by atoms with Crippen molar-refractivity contribution in [3.05, 3.63) is 142 Å². The summed E-state index contributed by atoms with van der Waals surface area (Å²) in [5.74, 6) is -4.67. The minimum absolute atomic E-state index is 0.00700. The van der Waals surface area contributed by atoms with Gasteiger partial charge in [-0.1, -0.05) is 130 Å². The highest BCUT2D eigenvalue weighted by molar-refractivity contribution is 6.74. The minimum Gasteiger partial charge on any atom is -0.495 e. The van der Waals surface area contributed by atoms with Gasteiger partial charge in [0.25, 0.3) is 11.8 Å². The number of carbonyl (C=O) groups excluding carboxylic acids is 8. The fourth-order valence-electron chi connectivity index (χ4n) is 13.3. The van der Waals surface area contributed by atoms with Gasteiger partial charge in [-0.25, -0.2) is 24.4 Å². The van der Waals surface area contributed by atoms with E-state index in [1.54, 1.807) is 57.2 Å². The molecule has 1 aromatic heterocycles. The van der Waals surface area contributed by atoms with Crippen molar-refractivity contribution in [1.82, 2.24) is 40.8 Å². The Labute approximate surface area is 613 Å². The fraction of sp³-hybridized carbons (Fsp3) is 0.500. The molecule has 0 spiro atoms. The predicted molar refractivity (Wildman–Crippen MR) is 394 cm³/mol. The number of benzene rings is 4. The first-order chi connectivity index (χ1) is 49.1. The highest BCUT2D eigenvalue weighted by Gasteiger charge is 2.65. The Balaban J connectivity index is 0.787. The molecule has 9 rings (SSSR count). The monoisotopic (exact) mass is 1470 g/mol. The van der Waals surface area contributed by atoms with E-state index < -0.39 is 121 Å². The van der Waals surface area contributed by atoms with Crippen molar-refractivity contribution in [2.75, 3.05) is 73.6 Å². The second-order valence-electron chi connectivity index (χ2n) is 29.1. The first-order valence-corrected chi connectivity index (χ1v) is 38.3. The Bertz CT molecular complexity index is 4040. The smallest absolute Gasteiger partial charge is 0.424 e. The molecule has 4 aromatic carbocycles. The quantitative estimate of drug-likeness (QED) is 0.00845. The van der Waals surface area contributed by atoms with Gasteiger partial charge in [0.05, 0.1) is 31.9 Å². The number of halogens is 1. The van der Waals surface area contributed by atoms with Gasteiger partial charge in [0.2, 0.25) is 17.7 Å². The summed E-state index contributed by atoms with van der Waals surface area (Å²) >= 11 is 6.87. The molecule has 1 aliphatic carbocycles. The van der Waals surface area contributed by atoms with E-state index in [1.807, 2.05) is 106 Å². The van der Waals surface area contributed by atoms with Gasteiger partial charge in [-0.3, -0.25) is 29.3 Å². The normalized spacial score (nSPS) is 22.9. The molecular weight excluding hydrogens is 1370 g/mol. The van der Waals surface area contributed by atoms with Gasteiger partial charge < -0.3 is 73.4 Å². The van der Waals surface area contributed by atoms with Crippen LogP contribution in [0.15, 0.2) is 115 Å². The number of hydrogen-bond donors (Lipinski definition) is 6. The van der Waals surface area contributed by atoms with E-state index >= 15 is 0 Å². The molecule has 7 amide bonds. The number of hydrazine groups is 1. The number of amides is 7. The first-order valence-electron chi connectivity index (χ1n) is 35.0. The number of likely N-dealkylation sites (N-methyl/N-ethyl adjacent to an activating group) is 1. The molecule has 4 aliphatic rings. The molecule has 2 fully saturated rings. The number of fused-ring (bicyclic) bond motifs is 9. The summed E-state index contributed by atoms with van der Waals surface area (Å²) in [6.45, 7) is 16.5. The van der Waals surface area contributed by atoms with Crippen LogP contribution in [0.1, 0.15) is 102 Å². The van der Waals surface area contributed by atoms with E-state index in [2.05, 4.69) is 45.5 Å². The van der Waals surface area contributed by atoms with Crippen LogP contribution in [-0.4, -0.2) is 208 Å². The standard InChI is InChI=1S/C76H100ClN9O17Si/c1-45-23-22-30-60(98-13)76(96)42-59(100-72(94)81-76)46(2)68-75(7,102-68)61(41-64(89)84(10)57-38-48(37-45)39-58(97-12)65(57)77)101-71(93)47(3)83(9)63(88)31-33-79-69(91)66(90)67(103-104(14,15)74(4,5)6)70(92)80-35-34-78-62(87)32-36-86-50(40-49-24-16-21-29-56(49)86)43-82(8)85(11)73(95)99-44-55-53-27-19-17-25-51(53)52-26-18-20-28-54(52)55/h16-30,38-40,46-47,55,59-61,66-68,90,96H,31-37,41-44H2,1-15H3,(H,78,87)(H,79,91)(H,80,92)(H,81,94)/b30-22+,45-23+/t46-,47+,59+,60-,61+,66+,67?,68?,75+,76+/m1/s1. The van der Waals surface area contributed by atoms with Gasteiger partial charge in [0.15, 0.2) is 26.3 Å². The van der Waals surface area contributed by atoms with Crippen LogP contribution >= 0.6 is 11.6 Å². The Morgan fingerprint density at radius 1 is 0.885 bits per heavy atom. The molecule has 562 valence electrons. The summed E-state index contributed by atoms with van der Waals surface area (Å²) in [5, 5.41) is 38.0. The number of epoxide rings is 1. The average molecular weight is 1480 g/mol. The van der Waals surface area contributed by atoms with Crippen molar-refractivity contribution in [1.29, 1.82) is 0 Å². The third kappa shape index (κ3) is 18.0. The lowest BCUT2D eigenvalue weighted by Crippen LogP contribution is -2.63. The van der Waals surface area contributed by atoms with Crippen LogP contribution in [0, 0.1) is 5.92 Å². The van der Waals surface area contributed by atoms with E-state index in [1.165, 1.54) is 45.1 Å². The van der Waals surface area contributed by atoms with Crippen molar-refractivity contribution >= 4 is 84.2 Å². The average Bonchev–Trinajstić information content (AvgIpc) is 1.57. The SMILES string of the molecule is COc1cc2cc(c1Cl)N(C)C(=O)C[C@H](OC(=O)[C@H](C)N(C)C(=O)CCNC(=O)[C@@H](O)C(O[Si](C)(C)C(C)(C)C)C(=O)NCCNC(=O)CCn1c(CN(C)N(C)C(=O)OCC3c4ccccc4-c4ccccc43)cc3ccccc31)[C@]1(C)OC1[C@H](C)[C@@H]1C[C@@](O)(NC(=O)O1)[C@H](OC)/C=C/C=C(\C)C2. The van der Waals surface area contributed by atoms with Gasteiger partial charge in [0, 0.05) is 104 Å². The van der Waals surface area contributed by atoms with E-state index in [0.717, 1.165) is 54.9 Å². The summed E-state index contributed by atoms with van der Waals surface area (Å²) in [7, 11) is 6.29. The number of nitrogens with one attached hydrogen (secondary N) is 4. The number of alkyl carbamates (subject to hydrolysis) is 1. The zero-order valence-corrected chi connectivity index (χ0v) is 63.8. The van der Waals surface area contributed by atoms with Gasteiger partial charge in [-0.15, -0.1) is 0 Å². The van der Waals surface area contributed by atoms with Crippen molar-refractivity contribution in [2.24, 2.45) is 5.92 Å². The number of aliphatic hydroxyl groups excluding tert-OH is 1. The highest BCUT2D eigenvalue weighted by Crippen LogP contribution is 2.50. The van der Waals surface area contributed by atoms with Gasteiger partial charge >= 0.3 is 18.2 Å². The zero-order chi connectivity index (χ0) is 75.9. The van der Waals surface area contributed by atoms with Gasteiger partial charge in [-0.05, 0) is 103 Å². The zero-order valence-electron chi connectivity index (χ0n) is 62.0. The number of para-hydroxylation sites is 1. The van der Waals surface area contributed by atoms with Crippen LogP contribution in [0.4, 0.5) is 15.3 Å². The summed E-state index contributed by atoms with van der Waals surface area (Å²) in [6.07, 6.45) is -4.63. The van der Waals surface area contributed by atoms with Crippen molar-refractivity contribution < 1.29 is 81.4 Å². The Hall–Kier alpha value is -8.67. The van der Waals surface area contributed by atoms with Crippen LogP contribution in [-0.2, 0) is 76.4 Å². The number of rotatable bonds is 24. The number of aliphatic hydroxyl groups is 2. The summed E-state index contributed by atoms with van der Waals surface area (Å²) in [6, 6.07) is 28.3. The molecule has 28 heteroatoms. The number of nitrogens with zero attached hydrogens (tertiary/aromatic N) is 5. The number of aromatic nitrogens is 1. The third-order valence-corrected chi connectivity index (χ3v) is 25.7. The molecule has 6 N–H and O–H groups in total. The number of methoxy groups -OCH3 is 2. The predicted octanol–water partition coefficient (Wildman–Crippen LogP) is 8.28. The maximum Gasteiger partial charge on any atom is 0.424 e. The van der Waals surface area contributed by atoms with Gasteiger partial charge in [0.1, 0.15) is 47.3 Å². The molecule has 2 unspecified atom stereocenters. The number of anilines is 1. The van der Waals surface area contributed by atoms with Crippen LogP contribution in [0.5, 0.6) is 5.75 Å². The Kier molecular flexibility index (Phi) is 25.4. The number of carbonyl (C=O) groups is 8. The molecule has 4 bridgehead atoms. The number of hydrogen-bond acceptors (Lipinski definition) is 18. The highest BCUT2D eigenvalue weighted by atomic mass is 35.5.